The summed E-state index contributed by atoms with van der Waals surface area (Å²) < 4.78 is 0. The molecule has 0 aliphatic heterocycles. The van der Waals surface area contributed by atoms with Crippen LogP contribution in [0.4, 0.5) is 0 Å². The van der Waals surface area contributed by atoms with E-state index in [2.05, 4.69) is 123 Å². The Bertz CT molecular complexity index is 1490. The van der Waals surface area contributed by atoms with Gasteiger partial charge in [0.2, 0.25) is 0 Å². The zero-order chi connectivity index (χ0) is 22.4. The largest absolute Gasteiger partial charge is 0.0622 e. The molecule has 0 aromatic heterocycles. The molecule has 5 aromatic rings. The predicted octanol–water partition coefficient (Wildman–Crippen LogP) is 8.88. The molecule has 0 heterocycles. The topological polar surface area (TPSA) is 0 Å². The quantitative estimate of drug-likeness (QED) is 0.267. The lowest BCUT2D eigenvalue weighted by Crippen LogP contribution is -1.97. The number of fused-ring (bicyclic) bond motifs is 3. The van der Waals surface area contributed by atoms with Crippen LogP contribution in [0.15, 0.2) is 109 Å². The van der Waals surface area contributed by atoms with E-state index in [0.29, 0.717) is 0 Å². The van der Waals surface area contributed by atoms with Crippen LogP contribution in [0.25, 0.3) is 44.5 Å². The minimum atomic E-state index is 0.997. The maximum Gasteiger partial charge on any atom is -0.000718 e. The Kier molecular flexibility index (Phi) is 4.73. The maximum absolute atomic E-state index is 2.39. The van der Waals surface area contributed by atoms with Gasteiger partial charge in [0, 0.05) is 0 Å². The van der Waals surface area contributed by atoms with E-state index in [4.69, 9.17) is 0 Å². The summed E-state index contributed by atoms with van der Waals surface area (Å²) in [5, 5.41) is 0. The molecule has 33 heavy (non-hydrogen) atoms. The van der Waals surface area contributed by atoms with Crippen LogP contribution >= 0.6 is 0 Å². The molecule has 0 atom stereocenters. The van der Waals surface area contributed by atoms with Crippen LogP contribution in [0.1, 0.15) is 22.3 Å². The van der Waals surface area contributed by atoms with E-state index in [1.54, 1.807) is 0 Å². The normalized spacial score (nSPS) is 11.8. The van der Waals surface area contributed by atoms with Crippen molar-refractivity contribution in [2.75, 3.05) is 0 Å². The van der Waals surface area contributed by atoms with Gasteiger partial charge < -0.3 is 0 Å². The summed E-state index contributed by atoms with van der Waals surface area (Å²) >= 11 is 0. The van der Waals surface area contributed by atoms with Gasteiger partial charge in [0.15, 0.2) is 0 Å². The van der Waals surface area contributed by atoms with Crippen molar-refractivity contribution < 1.29 is 0 Å². The molecular formula is C33H26. The van der Waals surface area contributed by atoms with Crippen molar-refractivity contribution >= 4 is 0 Å². The van der Waals surface area contributed by atoms with Gasteiger partial charge in [0.25, 0.3) is 0 Å². The molecule has 0 bridgehead atoms. The van der Waals surface area contributed by atoms with Crippen molar-refractivity contribution in [1.29, 1.82) is 0 Å². The molecule has 0 nitrogen and oxygen atoms in total. The second-order valence-corrected chi connectivity index (χ2v) is 9.01. The molecule has 5 aromatic carbocycles. The van der Waals surface area contributed by atoms with Gasteiger partial charge in [-0.05, 0) is 87.0 Å². The molecule has 0 amide bonds. The second-order valence-electron chi connectivity index (χ2n) is 9.01. The maximum atomic E-state index is 2.39. The van der Waals surface area contributed by atoms with Crippen LogP contribution in [0, 0.1) is 13.8 Å². The highest BCUT2D eigenvalue weighted by atomic mass is 14.3. The van der Waals surface area contributed by atoms with Gasteiger partial charge in [-0.25, -0.2) is 0 Å². The minimum absolute atomic E-state index is 0.997. The number of benzene rings is 5. The molecule has 0 saturated heterocycles. The summed E-state index contributed by atoms with van der Waals surface area (Å²) in [6, 6.07) is 39.7. The fourth-order valence-corrected chi connectivity index (χ4v) is 5.41. The SMILES string of the molecule is Cc1cc2c(c(-c3ccccc3-c3ccccc3-c3ccccc3)c1C)Cc1ccccc1-2. The predicted molar refractivity (Wildman–Crippen MR) is 140 cm³/mol. The van der Waals surface area contributed by atoms with Gasteiger partial charge >= 0.3 is 0 Å². The monoisotopic (exact) mass is 422 g/mol. The minimum Gasteiger partial charge on any atom is -0.0622 e. The van der Waals surface area contributed by atoms with Gasteiger partial charge in [0.1, 0.15) is 0 Å². The molecule has 158 valence electrons. The Hall–Kier alpha value is -3.90. The van der Waals surface area contributed by atoms with E-state index in [-0.39, 0.29) is 0 Å². The van der Waals surface area contributed by atoms with E-state index < -0.39 is 0 Å². The summed E-state index contributed by atoms with van der Waals surface area (Å²) in [5.74, 6) is 0. The van der Waals surface area contributed by atoms with E-state index in [1.165, 1.54) is 66.8 Å². The van der Waals surface area contributed by atoms with E-state index in [1.807, 2.05) is 0 Å². The molecule has 6 rings (SSSR count). The average Bonchev–Trinajstić information content (AvgIpc) is 3.23. The highest BCUT2D eigenvalue weighted by Gasteiger charge is 2.25. The molecule has 1 aliphatic carbocycles. The molecule has 0 saturated carbocycles. The van der Waals surface area contributed by atoms with Gasteiger partial charge in [0.05, 0.1) is 0 Å². The van der Waals surface area contributed by atoms with Crippen molar-refractivity contribution in [1.82, 2.24) is 0 Å². The molecule has 0 fully saturated rings. The van der Waals surface area contributed by atoms with E-state index >= 15 is 0 Å². The van der Waals surface area contributed by atoms with Crippen LogP contribution in [0.2, 0.25) is 0 Å². The smallest absolute Gasteiger partial charge is 0.000718 e. The van der Waals surface area contributed by atoms with E-state index in [9.17, 15) is 0 Å². The first-order valence-corrected chi connectivity index (χ1v) is 11.7. The Balaban J connectivity index is 1.62. The Labute approximate surface area is 196 Å². The molecular weight excluding hydrogens is 396 g/mol. The van der Waals surface area contributed by atoms with Crippen LogP contribution in [0.3, 0.4) is 0 Å². The Morgan fingerprint density at radius 1 is 0.485 bits per heavy atom. The van der Waals surface area contributed by atoms with Crippen molar-refractivity contribution in [2.24, 2.45) is 0 Å². The van der Waals surface area contributed by atoms with Crippen molar-refractivity contribution in [3.63, 3.8) is 0 Å². The zero-order valence-corrected chi connectivity index (χ0v) is 19.1. The fourth-order valence-electron chi connectivity index (χ4n) is 5.41. The summed E-state index contributed by atoms with van der Waals surface area (Å²) in [6.07, 6.45) is 0.997. The summed E-state index contributed by atoms with van der Waals surface area (Å²) in [4.78, 5) is 0. The second kappa shape index (κ2) is 7.90. The first-order chi connectivity index (χ1) is 16.2. The van der Waals surface area contributed by atoms with Gasteiger partial charge in [-0.3, -0.25) is 0 Å². The summed E-state index contributed by atoms with van der Waals surface area (Å²) in [7, 11) is 0. The highest BCUT2D eigenvalue weighted by Crippen LogP contribution is 2.47. The summed E-state index contributed by atoms with van der Waals surface area (Å²) in [5.41, 5.74) is 16.2. The number of rotatable bonds is 3. The number of aryl methyl sites for hydroxylation is 1. The summed E-state index contributed by atoms with van der Waals surface area (Å²) in [6.45, 7) is 4.54. The number of hydrogen-bond acceptors (Lipinski definition) is 0. The average molecular weight is 423 g/mol. The van der Waals surface area contributed by atoms with Crippen molar-refractivity contribution in [3.8, 4) is 44.5 Å². The standard InChI is InChI=1S/C33H26/c1-22-20-31-27-16-7-6-14-25(27)21-32(31)33(23(22)2)30-19-11-10-18-29(30)28-17-9-8-15-26(28)24-12-4-3-5-13-24/h3-20H,21H2,1-2H3. The van der Waals surface area contributed by atoms with Gasteiger partial charge in [-0.1, -0.05) is 109 Å². The first kappa shape index (κ1) is 19.8. The van der Waals surface area contributed by atoms with Gasteiger partial charge in [-0.2, -0.15) is 0 Å². The molecule has 1 aliphatic rings. The lowest BCUT2D eigenvalue weighted by Gasteiger charge is -2.20. The van der Waals surface area contributed by atoms with Gasteiger partial charge in [-0.15, -0.1) is 0 Å². The highest BCUT2D eigenvalue weighted by molar-refractivity contribution is 5.96. The van der Waals surface area contributed by atoms with Crippen LogP contribution in [-0.4, -0.2) is 0 Å². The van der Waals surface area contributed by atoms with Crippen LogP contribution < -0.4 is 0 Å². The Morgan fingerprint density at radius 3 is 1.76 bits per heavy atom. The third kappa shape index (κ3) is 3.22. The molecule has 0 heteroatoms. The molecule has 0 N–H and O–H groups in total. The molecule has 0 radical (unpaired) electrons. The van der Waals surface area contributed by atoms with Crippen molar-refractivity contribution in [2.45, 2.75) is 20.3 Å². The zero-order valence-electron chi connectivity index (χ0n) is 19.1. The van der Waals surface area contributed by atoms with E-state index in [0.717, 1.165) is 6.42 Å². The number of hydrogen-bond donors (Lipinski definition) is 0. The molecule has 0 spiro atoms. The lowest BCUT2D eigenvalue weighted by molar-refractivity contribution is 1.23. The lowest BCUT2D eigenvalue weighted by atomic mass is 9.84. The van der Waals surface area contributed by atoms with Crippen LogP contribution in [-0.2, 0) is 6.42 Å². The van der Waals surface area contributed by atoms with Crippen molar-refractivity contribution in [3.05, 3.63) is 131 Å². The first-order valence-electron chi connectivity index (χ1n) is 11.7. The molecule has 0 unspecified atom stereocenters. The Morgan fingerprint density at radius 2 is 1.03 bits per heavy atom. The third-order valence-electron chi connectivity index (χ3n) is 7.13. The van der Waals surface area contributed by atoms with Crippen LogP contribution in [0.5, 0.6) is 0 Å². The third-order valence-corrected chi connectivity index (χ3v) is 7.13. The fraction of sp³-hybridized carbons (Fsp3) is 0.0909.